The molecule has 164 valence electrons. The lowest BCUT2D eigenvalue weighted by Gasteiger charge is -2.13. The summed E-state index contributed by atoms with van der Waals surface area (Å²) in [6.07, 6.45) is 1.36. The number of rotatable bonds is 5. The van der Waals surface area contributed by atoms with Crippen molar-refractivity contribution in [1.82, 2.24) is 25.0 Å². The highest BCUT2D eigenvalue weighted by molar-refractivity contribution is 8.18. The standard InChI is InChI=1S/C22H20FN5O3S/c1-12-16(11-15-13(2)26-27(3)19(15)25-12)20(29)24-8-9-28-21(30)18(32-22(28)31)10-14-6-4-5-7-17(14)23/h4-7,10-11H,8-9H2,1-3H3,(H,24,29)/b18-10-. The molecular formula is C22H20FN5O3S. The molecule has 2 aromatic heterocycles. The molecule has 0 aliphatic carbocycles. The van der Waals surface area contributed by atoms with Gasteiger partial charge in [-0.05, 0) is 43.8 Å². The number of amides is 3. The average Bonchev–Trinajstić information content (AvgIpc) is 3.17. The van der Waals surface area contributed by atoms with E-state index in [4.69, 9.17) is 0 Å². The lowest BCUT2D eigenvalue weighted by atomic mass is 10.1. The summed E-state index contributed by atoms with van der Waals surface area (Å²) in [5.41, 5.74) is 2.65. The highest BCUT2D eigenvalue weighted by Gasteiger charge is 2.34. The molecule has 0 spiro atoms. The summed E-state index contributed by atoms with van der Waals surface area (Å²) >= 11 is 0.748. The molecular weight excluding hydrogens is 433 g/mol. The highest BCUT2D eigenvalue weighted by atomic mass is 32.2. The summed E-state index contributed by atoms with van der Waals surface area (Å²) < 4.78 is 15.5. The van der Waals surface area contributed by atoms with Gasteiger partial charge in [-0.2, -0.15) is 5.10 Å². The van der Waals surface area contributed by atoms with Crippen molar-refractivity contribution in [3.63, 3.8) is 0 Å². The molecule has 3 heterocycles. The Morgan fingerprint density at radius 3 is 2.72 bits per heavy atom. The lowest BCUT2D eigenvalue weighted by molar-refractivity contribution is -0.122. The van der Waals surface area contributed by atoms with E-state index in [-0.39, 0.29) is 29.5 Å². The number of halogens is 1. The number of thioether (sulfide) groups is 1. The van der Waals surface area contributed by atoms with Gasteiger partial charge in [0, 0.05) is 31.1 Å². The fraction of sp³-hybridized carbons (Fsp3) is 0.227. The van der Waals surface area contributed by atoms with Crippen molar-refractivity contribution in [2.75, 3.05) is 13.1 Å². The Labute approximate surface area is 187 Å². The fourth-order valence-electron chi connectivity index (χ4n) is 3.46. The van der Waals surface area contributed by atoms with Crippen LogP contribution in [0.4, 0.5) is 9.18 Å². The number of hydrogen-bond acceptors (Lipinski definition) is 6. The molecule has 0 radical (unpaired) electrons. The zero-order valence-corrected chi connectivity index (χ0v) is 18.5. The first-order valence-corrected chi connectivity index (χ1v) is 10.7. The van der Waals surface area contributed by atoms with Gasteiger partial charge in [0.15, 0.2) is 5.65 Å². The van der Waals surface area contributed by atoms with Crippen LogP contribution in [0.2, 0.25) is 0 Å². The lowest BCUT2D eigenvalue weighted by Crippen LogP contribution is -2.37. The topological polar surface area (TPSA) is 97.2 Å². The second kappa shape index (κ2) is 8.54. The molecule has 0 atom stereocenters. The highest BCUT2D eigenvalue weighted by Crippen LogP contribution is 2.32. The predicted octanol–water partition coefficient (Wildman–Crippen LogP) is 3.19. The van der Waals surface area contributed by atoms with Crippen LogP contribution in [-0.4, -0.2) is 49.8 Å². The van der Waals surface area contributed by atoms with Gasteiger partial charge in [-0.1, -0.05) is 18.2 Å². The summed E-state index contributed by atoms with van der Waals surface area (Å²) in [6.45, 7) is 3.66. The maximum absolute atomic E-state index is 13.9. The van der Waals surface area contributed by atoms with E-state index in [9.17, 15) is 18.8 Å². The van der Waals surface area contributed by atoms with Crippen LogP contribution >= 0.6 is 11.8 Å². The van der Waals surface area contributed by atoms with E-state index in [2.05, 4.69) is 15.4 Å². The number of carbonyl (C=O) groups is 3. The third kappa shape index (κ3) is 4.01. The second-order valence-electron chi connectivity index (χ2n) is 7.31. The molecule has 1 aliphatic heterocycles. The van der Waals surface area contributed by atoms with Crippen LogP contribution in [0.15, 0.2) is 35.2 Å². The van der Waals surface area contributed by atoms with Crippen LogP contribution in [-0.2, 0) is 11.8 Å². The molecule has 0 bridgehead atoms. The van der Waals surface area contributed by atoms with Crippen molar-refractivity contribution in [1.29, 1.82) is 0 Å². The number of nitrogens with zero attached hydrogens (tertiary/aromatic N) is 4. The number of benzene rings is 1. The SMILES string of the molecule is Cc1nc2c(cc1C(=O)NCCN1C(=O)S/C(=C\c3ccccc3F)C1=O)c(C)nn2C. The first-order chi connectivity index (χ1) is 15.3. The van der Waals surface area contributed by atoms with E-state index >= 15 is 0 Å². The van der Waals surface area contributed by atoms with Crippen molar-refractivity contribution in [3.05, 3.63) is 63.6 Å². The molecule has 32 heavy (non-hydrogen) atoms. The minimum atomic E-state index is -0.511. The molecule has 1 N–H and O–H groups in total. The molecule has 3 aromatic rings. The Morgan fingerprint density at radius 2 is 1.97 bits per heavy atom. The van der Waals surface area contributed by atoms with Gasteiger partial charge < -0.3 is 5.32 Å². The maximum Gasteiger partial charge on any atom is 0.293 e. The molecule has 4 rings (SSSR count). The number of aryl methyl sites for hydroxylation is 3. The monoisotopic (exact) mass is 453 g/mol. The van der Waals surface area contributed by atoms with Gasteiger partial charge in [0.25, 0.3) is 17.1 Å². The van der Waals surface area contributed by atoms with Crippen molar-refractivity contribution in [3.8, 4) is 0 Å². The third-order valence-electron chi connectivity index (χ3n) is 5.12. The Morgan fingerprint density at radius 1 is 1.22 bits per heavy atom. The van der Waals surface area contributed by atoms with Gasteiger partial charge in [-0.25, -0.2) is 9.37 Å². The van der Waals surface area contributed by atoms with E-state index in [1.807, 2.05) is 6.92 Å². The average molecular weight is 453 g/mol. The van der Waals surface area contributed by atoms with E-state index in [0.29, 0.717) is 16.9 Å². The van der Waals surface area contributed by atoms with Gasteiger partial charge in [0.05, 0.1) is 21.9 Å². The van der Waals surface area contributed by atoms with Gasteiger partial charge in [0.2, 0.25) is 0 Å². The Kier molecular flexibility index (Phi) is 5.79. The molecule has 0 saturated carbocycles. The van der Waals surface area contributed by atoms with E-state index in [1.165, 1.54) is 18.2 Å². The maximum atomic E-state index is 13.9. The smallest absolute Gasteiger partial charge is 0.293 e. The van der Waals surface area contributed by atoms with Gasteiger partial charge >= 0.3 is 0 Å². The van der Waals surface area contributed by atoms with Crippen LogP contribution < -0.4 is 5.32 Å². The fourth-order valence-corrected chi connectivity index (χ4v) is 4.32. The van der Waals surface area contributed by atoms with Crippen molar-refractivity contribution in [2.45, 2.75) is 13.8 Å². The van der Waals surface area contributed by atoms with E-state index in [0.717, 1.165) is 27.7 Å². The summed E-state index contributed by atoms with van der Waals surface area (Å²) in [7, 11) is 1.79. The number of carbonyl (C=O) groups excluding carboxylic acids is 3. The molecule has 1 saturated heterocycles. The van der Waals surface area contributed by atoms with Crippen LogP contribution in [0.3, 0.4) is 0 Å². The van der Waals surface area contributed by atoms with E-state index < -0.39 is 17.0 Å². The van der Waals surface area contributed by atoms with Crippen molar-refractivity contribution < 1.29 is 18.8 Å². The van der Waals surface area contributed by atoms with Crippen LogP contribution in [0.25, 0.3) is 17.1 Å². The van der Waals surface area contributed by atoms with E-state index in [1.54, 1.807) is 36.9 Å². The Bertz CT molecular complexity index is 1300. The number of pyridine rings is 1. The number of fused-ring (bicyclic) bond motifs is 1. The summed E-state index contributed by atoms with van der Waals surface area (Å²) in [4.78, 5) is 43.2. The van der Waals surface area contributed by atoms with Crippen LogP contribution in [0.1, 0.15) is 27.3 Å². The molecule has 3 amide bonds. The molecule has 10 heteroatoms. The summed E-state index contributed by atoms with van der Waals surface area (Å²) in [5.74, 6) is -1.34. The van der Waals surface area contributed by atoms with Gasteiger partial charge in [-0.3, -0.25) is 24.0 Å². The largest absolute Gasteiger partial charge is 0.350 e. The zero-order valence-electron chi connectivity index (χ0n) is 17.7. The normalized spacial score (nSPS) is 15.2. The molecule has 1 aromatic carbocycles. The van der Waals surface area contributed by atoms with Crippen molar-refractivity contribution in [2.24, 2.45) is 7.05 Å². The van der Waals surface area contributed by atoms with Crippen LogP contribution in [0, 0.1) is 19.7 Å². The first kappa shape index (κ1) is 21.7. The second-order valence-corrected chi connectivity index (χ2v) is 8.31. The first-order valence-electron chi connectivity index (χ1n) is 9.85. The molecule has 1 fully saturated rings. The summed E-state index contributed by atoms with van der Waals surface area (Å²) in [5, 5.41) is 7.37. The Balaban J connectivity index is 1.43. The van der Waals surface area contributed by atoms with Crippen molar-refractivity contribution >= 4 is 45.9 Å². The van der Waals surface area contributed by atoms with Gasteiger partial charge in [-0.15, -0.1) is 0 Å². The summed E-state index contributed by atoms with van der Waals surface area (Å²) in [6, 6.07) is 7.75. The quantitative estimate of drug-likeness (QED) is 0.596. The minimum Gasteiger partial charge on any atom is -0.350 e. The number of nitrogens with one attached hydrogen (secondary N) is 1. The number of hydrogen-bond donors (Lipinski definition) is 1. The Hall–Kier alpha value is -3.53. The van der Waals surface area contributed by atoms with Gasteiger partial charge in [0.1, 0.15) is 5.82 Å². The molecule has 0 unspecified atom stereocenters. The number of aromatic nitrogens is 3. The predicted molar refractivity (Wildman–Crippen MR) is 119 cm³/mol. The molecule has 8 nitrogen and oxygen atoms in total. The third-order valence-corrected chi connectivity index (χ3v) is 6.03. The molecule has 1 aliphatic rings. The zero-order chi connectivity index (χ0) is 23.0. The van der Waals surface area contributed by atoms with Crippen LogP contribution in [0.5, 0.6) is 0 Å². The minimum absolute atomic E-state index is 0.00561. The number of imide groups is 1.